The molecule has 0 unspecified atom stereocenters. The monoisotopic (exact) mass is 403 g/mol. The molecule has 0 spiro atoms. The molecule has 5 rings (SSSR count). The van der Waals surface area contributed by atoms with Crippen molar-refractivity contribution in [3.63, 3.8) is 0 Å². The summed E-state index contributed by atoms with van der Waals surface area (Å²) in [6.07, 6.45) is 4.08. The van der Waals surface area contributed by atoms with Gasteiger partial charge in [-0.3, -0.25) is 9.36 Å². The van der Waals surface area contributed by atoms with E-state index in [1.807, 2.05) is 42.6 Å². The van der Waals surface area contributed by atoms with Crippen LogP contribution in [-0.4, -0.2) is 34.2 Å². The van der Waals surface area contributed by atoms with Crippen molar-refractivity contribution < 1.29 is 0 Å². The van der Waals surface area contributed by atoms with Crippen molar-refractivity contribution in [1.29, 1.82) is 0 Å². The summed E-state index contributed by atoms with van der Waals surface area (Å²) in [4.78, 5) is 15.2. The Hall–Kier alpha value is -2.82. The molecule has 1 saturated heterocycles. The summed E-state index contributed by atoms with van der Waals surface area (Å²) in [6.45, 7) is 2.21. The Kier molecular flexibility index (Phi) is 4.34. The second-order valence-corrected chi connectivity index (χ2v) is 8.38. The maximum Gasteiger partial charge on any atom is 0.255 e. The lowest BCUT2D eigenvalue weighted by molar-refractivity contribution is 0.190. The molecule has 1 fully saturated rings. The SMILES string of the molecule is CN1CC(c2cn(C)c3cc(-n4ccc(-c5ccc(Cl)cc5)cc4=O)ccc23)C1. The van der Waals surface area contributed by atoms with Gasteiger partial charge in [-0.05, 0) is 54.1 Å². The van der Waals surface area contributed by atoms with Crippen molar-refractivity contribution >= 4 is 22.5 Å². The van der Waals surface area contributed by atoms with Gasteiger partial charge in [-0.2, -0.15) is 0 Å². The van der Waals surface area contributed by atoms with Crippen molar-refractivity contribution in [2.24, 2.45) is 7.05 Å². The summed E-state index contributed by atoms with van der Waals surface area (Å²) in [5.74, 6) is 0.593. The third-order valence-electron chi connectivity index (χ3n) is 5.88. The van der Waals surface area contributed by atoms with E-state index in [9.17, 15) is 4.79 Å². The molecule has 3 heterocycles. The number of likely N-dealkylation sites (tertiary alicyclic amines) is 1. The molecule has 1 aliphatic heterocycles. The highest BCUT2D eigenvalue weighted by Crippen LogP contribution is 2.33. The van der Waals surface area contributed by atoms with Crippen molar-refractivity contribution in [2.75, 3.05) is 20.1 Å². The smallest absolute Gasteiger partial charge is 0.255 e. The van der Waals surface area contributed by atoms with E-state index in [1.54, 1.807) is 10.6 Å². The number of hydrogen-bond donors (Lipinski definition) is 0. The Morgan fingerprint density at radius 1 is 0.931 bits per heavy atom. The fraction of sp³-hybridized carbons (Fsp3) is 0.208. The fourth-order valence-corrected chi connectivity index (χ4v) is 4.41. The van der Waals surface area contributed by atoms with Crippen LogP contribution in [0.2, 0.25) is 5.02 Å². The molecule has 5 heteroatoms. The third kappa shape index (κ3) is 3.18. The van der Waals surface area contributed by atoms with Gasteiger partial charge in [0, 0.05) is 54.9 Å². The van der Waals surface area contributed by atoms with Crippen molar-refractivity contribution in [3.05, 3.63) is 87.9 Å². The quantitative estimate of drug-likeness (QED) is 0.497. The second-order valence-electron chi connectivity index (χ2n) is 7.95. The van der Waals surface area contributed by atoms with Crippen LogP contribution >= 0.6 is 11.6 Å². The molecular weight excluding hydrogens is 382 g/mol. The van der Waals surface area contributed by atoms with Crippen LogP contribution < -0.4 is 5.56 Å². The van der Waals surface area contributed by atoms with Gasteiger partial charge in [0.15, 0.2) is 0 Å². The number of nitrogens with zero attached hydrogens (tertiary/aromatic N) is 3. The number of fused-ring (bicyclic) bond motifs is 1. The highest BCUT2D eigenvalue weighted by molar-refractivity contribution is 6.30. The molecule has 1 aliphatic rings. The van der Waals surface area contributed by atoms with Gasteiger partial charge < -0.3 is 9.47 Å². The van der Waals surface area contributed by atoms with Crippen LogP contribution in [0, 0.1) is 0 Å². The lowest BCUT2D eigenvalue weighted by atomic mass is 9.92. The minimum atomic E-state index is -0.0492. The van der Waals surface area contributed by atoms with E-state index in [1.165, 1.54) is 10.9 Å². The minimum Gasteiger partial charge on any atom is -0.350 e. The Morgan fingerprint density at radius 2 is 1.69 bits per heavy atom. The van der Waals surface area contributed by atoms with E-state index in [-0.39, 0.29) is 5.56 Å². The summed E-state index contributed by atoms with van der Waals surface area (Å²) in [5.41, 5.74) is 5.25. The van der Waals surface area contributed by atoms with E-state index in [0.29, 0.717) is 10.9 Å². The molecule has 146 valence electrons. The van der Waals surface area contributed by atoms with Gasteiger partial charge in [-0.25, -0.2) is 0 Å². The third-order valence-corrected chi connectivity index (χ3v) is 6.14. The zero-order chi connectivity index (χ0) is 20.1. The molecule has 0 bridgehead atoms. The van der Waals surface area contributed by atoms with Crippen LogP contribution in [0.1, 0.15) is 11.5 Å². The highest BCUT2D eigenvalue weighted by atomic mass is 35.5. The van der Waals surface area contributed by atoms with E-state index < -0.39 is 0 Å². The molecule has 0 N–H and O–H groups in total. The normalized spacial score (nSPS) is 15.0. The molecule has 4 aromatic rings. The number of rotatable bonds is 3. The molecule has 29 heavy (non-hydrogen) atoms. The Balaban J connectivity index is 1.53. The number of aryl methyl sites for hydroxylation is 1. The Morgan fingerprint density at radius 3 is 2.38 bits per heavy atom. The van der Waals surface area contributed by atoms with Crippen molar-refractivity contribution in [2.45, 2.75) is 5.92 Å². The fourth-order valence-electron chi connectivity index (χ4n) is 4.29. The maximum absolute atomic E-state index is 12.8. The highest BCUT2D eigenvalue weighted by Gasteiger charge is 2.27. The van der Waals surface area contributed by atoms with Gasteiger partial charge in [-0.1, -0.05) is 29.8 Å². The van der Waals surface area contributed by atoms with Crippen LogP contribution in [0.25, 0.3) is 27.7 Å². The number of halogens is 1. The van der Waals surface area contributed by atoms with Crippen LogP contribution in [0.5, 0.6) is 0 Å². The summed E-state index contributed by atoms with van der Waals surface area (Å²) in [6, 6.07) is 17.5. The van der Waals surface area contributed by atoms with E-state index >= 15 is 0 Å². The predicted molar refractivity (Wildman–Crippen MR) is 119 cm³/mol. The number of hydrogen-bond acceptors (Lipinski definition) is 2. The summed E-state index contributed by atoms with van der Waals surface area (Å²) in [7, 11) is 4.23. The standard InChI is InChI=1S/C24H22ClN3O/c1-26-13-18(14-26)22-15-27(2)23-12-20(7-8-21(22)23)28-10-9-17(11-24(28)29)16-3-5-19(25)6-4-16/h3-12,15,18H,13-14H2,1-2H3. The molecule has 0 atom stereocenters. The lowest BCUT2D eigenvalue weighted by Crippen LogP contribution is -2.41. The molecular formula is C24H22ClN3O. The largest absolute Gasteiger partial charge is 0.350 e. The van der Waals surface area contributed by atoms with Gasteiger partial charge >= 0.3 is 0 Å². The van der Waals surface area contributed by atoms with E-state index in [4.69, 9.17) is 11.6 Å². The average molecular weight is 404 g/mol. The summed E-state index contributed by atoms with van der Waals surface area (Å²) < 4.78 is 3.86. The van der Waals surface area contributed by atoms with Crippen molar-refractivity contribution in [1.82, 2.24) is 14.0 Å². The topological polar surface area (TPSA) is 30.2 Å². The van der Waals surface area contributed by atoms with E-state index in [2.05, 4.69) is 41.9 Å². The molecule has 0 saturated carbocycles. The molecule has 4 nitrogen and oxygen atoms in total. The van der Waals surface area contributed by atoms with E-state index in [0.717, 1.165) is 35.4 Å². The zero-order valence-corrected chi connectivity index (χ0v) is 17.2. The molecule has 0 radical (unpaired) electrons. The first kappa shape index (κ1) is 18.2. The molecule has 0 amide bonds. The van der Waals surface area contributed by atoms with Crippen LogP contribution in [0.4, 0.5) is 0 Å². The average Bonchev–Trinajstić information content (AvgIpc) is 3.02. The number of benzene rings is 2. The Bertz CT molecular complexity index is 1260. The number of likely N-dealkylation sites (N-methyl/N-ethyl adjacent to an activating group) is 1. The zero-order valence-electron chi connectivity index (χ0n) is 16.5. The lowest BCUT2D eigenvalue weighted by Gasteiger charge is -2.36. The first-order chi connectivity index (χ1) is 14.0. The van der Waals surface area contributed by atoms with Gasteiger partial charge in [0.1, 0.15) is 0 Å². The maximum atomic E-state index is 12.8. The minimum absolute atomic E-state index is 0.0492. The number of pyridine rings is 1. The Labute approximate surface area is 174 Å². The first-order valence-corrected chi connectivity index (χ1v) is 10.1. The van der Waals surface area contributed by atoms with Crippen LogP contribution in [0.15, 0.2) is 71.8 Å². The van der Waals surface area contributed by atoms with Crippen LogP contribution in [-0.2, 0) is 7.05 Å². The van der Waals surface area contributed by atoms with Crippen LogP contribution in [0.3, 0.4) is 0 Å². The van der Waals surface area contributed by atoms with Gasteiger partial charge in [0.25, 0.3) is 5.56 Å². The first-order valence-electron chi connectivity index (χ1n) is 9.76. The van der Waals surface area contributed by atoms with Gasteiger partial charge in [0.2, 0.25) is 0 Å². The summed E-state index contributed by atoms with van der Waals surface area (Å²) >= 11 is 5.97. The molecule has 0 aliphatic carbocycles. The number of aromatic nitrogens is 2. The summed E-state index contributed by atoms with van der Waals surface area (Å²) in [5, 5.41) is 1.96. The predicted octanol–water partition coefficient (Wildman–Crippen LogP) is 4.68. The molecule has 2 aromatic carbocycles. The van der Waals surface area contributed by atoms with Gasteiger partial charge in [-0.15, -0.1) is 0 Å². The second kappa shape index (κ2) is 6.90. The van der Waals surface area contributed by atoms with Crippen molar-refractivity contribution in [3.8, 4) is 16.8 Å². The van der Waals surface area contributed by atoms with Gasteiger partial charge in [0.05, 0.1) is 11.2 Å². The molecule has 2 aromatic heterocycles.